The van der Waals surface area contributed by atoms with Crippen molar-refractivity contribution >= 4 is 16.7 Å². The lowest BCUT2D eigenvalue weighted by Crippen LogP contribution is -2.37. The van der Waals surface area contributed by atoms with Crippen LogP contribution in [0.3, 0.4) is 0 Å². The van der Waals surface area contributed by atoms with Crippen LogP contribution in [0.15, 0.2) is 29.1 Å². The van der Waals surface area contributed by atoms with Crippen LogP contribution >= 0.6 is 0 Å². The summed E-state index contributed by atoms with van der Waals surface area (Å²) in [6.07, 6.45) is 1.21. The van der Waals surface area contributed by atoms with Crippen molar-refractivity contribution in [1.82, 2.24) is 14.7 Å². The van der Waals surface area contributed by atoms with Gasteiger partial charge in [0.1, 0.15) is 0 Å². The number of hydrogen-bond acceptors (Lipinski definition) is 4. The molecule has 1 aliphatic rings. The number of carbonyl (C=O) groups excluding carboxylic acids is 1. The number of fused-ring (bicyclic) bond motifs is 1. The van der Waals surface area contributed by atoms with E-state index < -0.39 is 0 Å². The van der Waals surface area contributed by atoms with Crippen LogP contribution in [0.5, 0.6) is 0 Å². The van der Waals surface area contributed by atoms with Crippen molar-refractivity contribution in [3.8, 4) is 0 Å². The molecule has 0 N–H and O–H groups in total. The van der Waals surface area contributed by atoms with E-state index in [0.29, 0.717) is 23.5 Å². The van der Waals surface area contributed by atoms with E-state index in [4.69, 9.17) is 4.74 Å². The lowest BCUT2D eigenvalue weighted by molar-refractivity contribution is -0.131. The van der Waals surface area contributed by atoms with Crippen molar-refractivity contribution in [2.24, 2.45) is 13.0 Å². The topological polar surface area (TPSA) is 64.4 Å². The number of benzene rings is 1. The zero-order valence-corrected chi connectivity index (χ0v) is 14.2. The van der Waals surface area contributed by atoms with Gasteiger partial charge in [-0.1, -0.05) is 18.2 Å². The zero-order valence-electron chi connectivity index (χ0n) is 14.2. The summed E-state index contributed by atoms with van der Waals surface area (Å²) in [5.41, 5.74) is 0.510. The molecule has 0 spiro atoms. The second-order valence-corrected chi connectivity index (χ2v) is 6.26. The van der Waals surface area contributed by atoms with Gasteiger partial charge in [-0.25, -0.2) is 4.68 Å². The van der Waals surface area contributed by atoms with E-state index in [-0.39, 0.29) is 17.9 Å². The molecule has 1 saturated heterocycles. The number of nitrogens with zero attached hydrogens (tertiary/aromatic N) is 3. The summed E-state index contributed by atoms with van der Waals surface area (Å²) in [4.78, 5) is 26.8. The van der Waals surface area contributed by atoms with Crippen LogP contribution in [0.4, 0.5) is 0 Å². The van der Waals surface area contributed by atoms with Gasteiger partial charge in [-0.3, -0.25) is 9.59 Å². The molecule has 2 aromatic rings. The highest BCUT2D eigenvalue weighted by Crippen LogP contribution is 2.17. The second-order valence-electron chi connectivity index (χ2n) is 6.26. The first kappa shape index (κ1) is 16.6. The Labute approximate surface area is 141 Å². The van der Waals surface area contributed by atoms with Crippen LogP contribution in [0, 0.1) is 5.92 Å². The number of rotatable bonds is 5. The van der Waals surface area contributed by atoms with Crippen molar-refractivity contribution < 1.29 is 9.53 Å². The SMILES string of the molecule is CCN(C[C@H]1CCOC1)C(=O)Cc1nn(C)c(=O)c2ccccc12. The summed E-state index contributed by atoms with van der Waals surface area (Å²) in [5, 5.41) is 5.68. The van der Waals surface area contributed by atoms with Crippen LogP contribution in [0.25, 0.3) is 10.8 Å². The van der Waals surface area contributed by atoms with E-state index >= 15 is 0 Å². The van der Waals surface area contributed by atoms with Crippen LogP contribution < -0.4 is 5.56 Å². The lowest BCUT2D eigenvalue weighted by atomic mass is 10.1. The van der Waals surface area contributed by atoms with E-state index in [1.54, 1.807) is 13.1 Å². The highest BCUT2D eigenvalue weighted by molar-refractivity contribution is 5.88. The smallest absolute Gasteiger partial charge is 0.274 e. The normalized spacial score (nSPS) is 17.3. The molecular formula is C18H23N3O3. The molecule has 0 radical (unpaired) electrons. The number of aromatic nitrogens is 2. The molecule has 0 bridgehead atoms. The molecule has 1 amide bonds. The van der Waals surface area contributed by atoms with E-state index in [1.165, 1.54) is 4.68 Å². The molecule has 0 saturated carbocycles. The fourth-order valence-electron chi connectivity index (χ4n) is 3.21. The van der Waals surface area contributed by atoms with Crippen LogP contribution in [-0.4, -0.2) is 46.9 Å². The predicted molar refractivity (Wildman–Crippen MR) is 91.9 cm³/mol. The van der Waals surface area contributed by atoms with Crippen molar-refractivity contribution in [3.63, 3.8) is 0 Å². The summed E-state index contributed by atoms with van der Waals surface area (Å²) in [5.74, 6) is 0.458. The Morgan fingerprint density at radius 1 is 1.38 bits per heavy atom. The Hall–Kier alpha value is -2.21. The number of ether oxygens (including phenoxy) is 1. The van der Waals surface area contributed by atoms with Crippen LogP contribution in [0.1, 0.15) is 19.0 Å². The summed E-state index contributed by atoms with van der Waals surface area (Å²) in [7, 11) is 1.62. The minimum absolute atomic E-state index is 0.0423. The molecule has 3 rings (SSSR count). The maximum absolute atomic E-state index is 12.7. The highest BCUT2D eigenvalue weighted by atomic mass is 16.5. The molecule has 1 aromatic carbocycles. The first-order valence-electron chi connectivity index (χ1n) is 8.40. The molecule has 2 heterocycles. The third-order valence-electron chi connectivity index (χ3n) is 4.59. The van der Waals surface area contributed by atoms with Crippen molar-refractivity contribution in [1.29, 1.82) is 0 Å². The largest absolute Gasteiger partial charge is 0.381 e. The molecule has 1 aromatic heterocycles. The van der Waals surface area contributed by atoms with E-state index in [9.17, 15) is 9.59 Å². The van der Waals surface area contributed by atoms with Crippen molar-refractivity contribution in [3.05, 3.63) is 40.3 Å². The lowest BCUT2D eigenvalue weighted by Gasteiger charge is -2.24. The Bertz CT molecular complexity index is 794. The van der Waals surface area contributed by atoms with E-state index in [0.717, 1.165) is 31.6 Å². The summed E-state index contributed by atoms with van der Waals surface area (Å²) in [6, 6.07) is 7.33. The molecule has 1 fully saturated rings. The maximum Gasteiger partial charge on any atom is 0.274 e. The Morgan fingerprint density at radius 2 is 2.12 bits per heavy atom. The third kappa shape index (κ3) is 3.33. The summed E-state index contributed by atoms with van der Waals surface area (Å²) >= 11 is 0. The number of carbonyl (C=O) groups is 1. The minimum Gasteiger partial charge on any atom is -0.381 e. The zero-order chi connectivity index (χ0) is 17.1. The fourth-order valence-corrected chi connectivity index (χ4v) is 3.21. The number of hydrogen-bond donors (Lipinski definition) is 0. The Kier molecular flexibility index (Phi) is 4.94. The fraction of sp³-hybridized carbons (Fsp3) is 0.500. The number of amides is 1. The third-order valence-corrected chi connectivity index (χ3v) is 4.59. The van der Waals surface area contributed by atoms with Gasteiger partial charge in [0.2, 0.25) is 5.91 Å². The van der Waals surface area contributed by atoms with Gasteiger partial charge in [0.25, 0.3) is 5.56 Å². The van der Waals surface area contributed by atoms with Gasteiger partial charge in [-0.05, 0) is 19.4 Å². The monoisotopic (exact) mass is 329 g/mol. The quantitative estimate of drug-likeness (QED) is 0.831. The summed E-state index contributed by atoms with van der Waals surface area (Å²) in [6.45, 7) is 4.88. The van der Waals surface area contributed by atoms with Crippen molar-refractivity contribution in [2.75, 3.05) is 26.3 Å². The molecule has 0 unspecified atom stereocenters. The average Bonchev–Trinajstić information content (AvgIpc) is 3.10. The van der Waals surface area contributed by atoms with Crippen LogP contribution in [-0.2, 0) is 23.0 Å². The molecule has 6 heteroatoms. The van der Waals surface area contributed by atoms with E-state index in [1.807, 2.05) is 30.0 Å². The maximum atomic E-state index is 12.7. The minimum atomic E-state index is -0.141. The van der Waals surface area contributed by atoms with Crippen LogP contribution in [0.2, 0.25) is 0 Å². The number of likely N-dealkylation sites (N-methyl/N-ethyl adjacent to an activating group) is 1. The molecule has 24 heavy (non-hydrogen) atoms. The van der Waals surface area contributed by atoms with Gasteiger partial charge in [-0.15, -0.1) is 0 Å². The predicted octanol–water partition coefficient (Wildman–Crippen LogP) is 1.36. The van der Waals surface area contributed by atoms with Gasteiger partial charge in [-0.2, -0.15) is 5.10 Å². The standard InChI is InChI=1S/C18H23N3O3/c1-3-21(11-13-8-9-24-12-13)17(22)10-16-14-6-4-5-7-15(14)18(23)20(2)19-16/h4-7,13H,3,8-12H2,1-2H3/t13-/m1/s1. The molecule has 128 valence electrons. The highest BCUT2D eigenvalue weighted by Gasteiger charge is 2.22. The molecule has 1 atom stereocenters. The van der Waals surface area contributed by atoms with Gasteiger partial charge in [0.15, 0.2) is 0 Å². The Balaban J connectivity index is 1.84. The molecule has 6 nitrogen and oxygen atoms in total. The first-order chi connectivity index (χ1) is 11.6. The first-order valence-corrected chi connectivity index (χ1v) is 8.40. The second kappa shape index (κ2) is 7.13. The Morgan fingerprint density at radius 3 is 2.79 bits per heavy atom. The van der Waals surface area contributed by atoms with Gasteiger partial charge in [0, 0.05) is 38.0 Å². The average molecular weight is 329 g/mol. The van der Waals surface area contributed by atoms with Gasteiger partial charge in [0.05, 0.1) is 24.1 Å². The van der Waals surface area contributed by atoms with E-state index in [2.05, 4.69) is 5.10 Å². The van der Waals surface area contributed by atoms with Gasteiger partial charge < -0.3 is 9.64 Å². The van der Waals surface area contributed by atoms with Gasteiger partial charge >= 0.3 is 0 Å². The molecular weight excluding hydrogens is 306 g/mol. The molecule has 1 aliphatic heterocycles. The molecule has 0 aliphatic carbocycles. The van der Waals surface area contributed by atoms with Crippen molar-refractivity contribution in [2.45, 2.75) is 19.8 Å². The number of aryl methyl sites for hydroxylation is 1. The summed E-state index contributed by atoms with van der Waals surface area (Å²) < 4.78 is 6.71.